The Morgan fingerprint density at radius 2 is 1.89 bits per heavy atom. The number of imidazole rings is 1. The fourth-order valence-corrected chi connectivity index (χ4v) is 2.55. The second kappa shape index (κ2) is 4.74. The molecule has 0 unspecified atom stereocenters. The van der Waals surface area contributed by atoms with Crippen molar-refractivity contribution < 1.29 is 0 Å². The summed E-state index contributed by atoms with van der Waals surface area (Å²) in [6, 6.07) is 12.3. The van der Waals surface area contributed by atoms with Crippen molar-refractivity contribution in [1.82, 2.24) is 14.6 Å². The summed E-state index contributed by atoms with van der Waals surface area (Å²) < 4.78 is 2.58. The minimum Gasteiger partial charge on any atom is -0.220 e. The van der Waals surface area contributed by atoms with Crippen molar-refractivity contribution in [2.75, 3.05) is 6.26 Å². The van der Waals surface area contributed by atoms with E-state index in [1.54, 1.807) is 16.3 Å². The van der Waals surface area contributed by atoms with Crippen LogP contribution in [0.15, 0.2) is 52.1 Å². The molecule has 3 aromatic rings. The van der Waals surface area contributed by atoms with Crippen molar-refractivity contribution in [1.29, 1.82) is 0 Å². The van der Waals surface area contributed by atoms with E-state index in [4.69, 9.17) is 0 Å². The molecule has 0 saturated carbocycles. The summed E-state index contributed by atoms with van der Waals surface area (Å²) in [4.78, 5) is 5.54. The maximum atomic E-state index is 4.54. The van der Waals surface area contributed by atoms with Gasteiger partial charge in [-0.25, -0.2) is 9.50 Å². The summed E-state index contributed by atoms with van der Waals surface area (Å²) in [5.41, 5.74) is 2.89. The van der Waals surface area contributed by atoms with Crippen LogP contribution in [-0.2, 0) is 0 Å². The highest BCUT2D eigenvalue weighted by molar-refractivity contribution is 9.10. The molecule has 3 rings (SSSR count). The van der Waals surface area contributed by atoms with Crippen molar-refractivity contribution >= 4 is 33.3 Å². The molecular weight excluding hydrogens is 310 g/mol. The molecule has 2 heterocycles. The Bertz CT molecular complexity index is 691. The van der Waals surface area contributed by atoms with Gasteiger partial charge in [0.05, 0.1) is 11.9 Å². The molecule has 0 N–H and O–H groups in total. The van der Waals surface area contributed by atoms with E-state index in [2.05, 4.69) is 56.5 Å². The highest BCUT2D eigenvalue weighted by Gasteiger charge is 2.03. The summed E-state index contributed by atoms with van der Waals surface area (Å²) in [5.74, 6) is 0. The predicted octanol–water partition coefficient (Wildman–Crippen LogP) is 3.88. The molecule has 18 heavy (non-hydrogen) atoms. The van der Waals surface area contributed by atoms with Crippen LogP contribution < -0.4 is 0 Å². The van der Waals surface area contributed by atoms with Gasteiger partial charge in [0.2, 0.25) is 0 Å². The zero-order valence-electron chi connectivity index (χ0n) is 9.67. The number of rotatable bonds is 2. The average Bonchev–Trinajstić information content (AvgIpc) is 2.78. The molecule has 0 fully saturated rings. The number of benzene rings is 1. The maximum absolute atomic E-state index is 4.54. The summed E-state index contributed by atoms with van der Waals surface area (Å²) in [6.45, 7) is 0. The average molecular weight is 320 g/mol. The number of hydrogen-bond acceptors (Lipinski definition) is 3. The van der Waals surface area contributed by atoms with Gasteiger partial charge in [0, 0.05) is 10.5 Å². The molecule has 0 aliphatic rings. The van der Waals surface area contributed by atoms with Gasteiger partial charge >= 0.3 is 0 Å². The standard InChI is InChI=1S/C13H10BrN3S/c1-18-10-4-2-9(3-5-10)11-6-7-13-15-12(14)8-17(13)16-11/h2-8H,1H3. The molecule has 0 aliphatic carbocycles. The van der Waals surface area contributed by atoms with Crippen LogP contribution in [0.5, 0.6) is 0 Å². The van der Waals surface area contributed by atoms with Crippen LogP contribution in [0, 0.1) is 0 Å². The lowest BCUT2D eigenvalue weighted by molar-refractivity contribution is 0.941. The minimum absolute atomic E-state index is 0.796. The van der Waals surface area contributed by atoms with Gasteiger partial charge in [-0.1, -0.05) is 12.1 Å². The zero-order chi connectivity index (χ0) is 12.5. The van der Waals surface area contributed by atoms with Gasteiger partial charge in [-0.05, 0) is 46.5 Å². The third kappa shape index (κ3) is 2.15. The first-order valence-electron chi connectivity index (χ1n) is 5.42. The number of nitrogens with zero attached hydrogens (tertiary/aromatic N) is 3. The van der Waals surface area contributed by atoms with Gasteiger partial charge < -0.3 is 0 Å². The van der Waals surface area contributed by atoms with Gasteiger partial charge in [0.25, 0.3) is 0 Å². The van der Waals surface area contributed by atoms with Crippen molar-refractivity contribution in [3.63, 3.8) is 0 Å². The monoisotopic (exact) mass is 319 g/mol. The lowest BCUT2D eigenvalue weighted by Gasteiger charge is -2.02. The molecule has 2 aromatic heterocycles. The lowest BCUT2D eigenvalue weighted by atomic mass is 10.1. The Kier molecular flexibility index (Phi) is 3.09. The van der Waals surface area contributed by atoms with Crippen molar-refractivity contribution in [3.05, 3.63) is 47.2 Å². The number of fused-ring (bicyclic) bond motifs is 1. The van der Waals surface area contributed by atoms with E-state index in [0.29, 0.717) is 0 Å². The highest BCUT2D eigenvalue weighted by Crippen LogP contribution is 2.22. The maximum Gasteiger partial charge on any atom is 0.154 e. The van der Waals surface area contributed by atoms with Crippen LogP contribution in [-0.4, -0.2) is 20.9 Å². The van der Waals surface area contributed by atoms with E-state index in [-0.39, 0.29) is 0 Å². The predicted molar refractivity (Wildman–Crippen MR) is 77.9 cm³/mol. The molecule has 0 bridgehead atoms. The van der Waals surface area contributed by atoms with Crippen LogP contribution in [0.2, 0.25) is 0 Å². The van der Waals surface area contributed by atoms with Crippen LogP contribution in [0.25, 0.3) is 16.9 Å². The number of thioether (sulfide) groups is 1. The first kappa shape index (κ1) is 11.7. The third-order valence-corrected chi connectivity index (χ3v) is 3.80. The molecule has 0 aliphatic heterocycles. The van der Waals surface area contributed by atoms with Crippen LogP contribution in [0.3, 0.4) is 0 Å². The van der Waals surface area contributed by atoms with E-state index in [9.17, 15) is 0 Å². The van der Waals surface area contributed by atoms with Crippen LogP contribution in [0.1, 0.15) is 0 Å². The van der Waals surface area contributed by atoms with Crippen LogP contribution in [0.4, 0.5) is 0 Å². The minimum atomic E-state index is 0.796. The summed E-state index contributed by atoms with van der Waals surface area (Å²) in [7, 11) is 0. The molecule has 0 atom stereocenters. The molecule has 0 radical (unpaired) electrons. The zero-order valence-corrected chi connectivity index (χ0v) is 12.1. The third-order valence-electron chi connectivity index (χ3n) is 2.68. The Labute approximate surface area is 117 Å². The number of halogens is 1. The number of aromatic nitrogens is 3. The smallest absolute Gasteiger partial charge is 0.154 e. The topological polar surface area (TPSA) is 30.2 Å². The van der Waals surface area contributed by atoms with E-state index in [1.165, 1.54) is 4.90 Å². The van der Waals surface area contributed by atoms with Gasteiger partial charge in [-0.3, -0.25) is 0 Å². The van der Waals surface area contributed by atoms with Gasteiger partial charge in [0.15, 0.2) is 5.65 Å². The van der Waals surface area contributed by atoms with Gasteiger partial charge in [-0.2, -0.15) is 5.10 Å². The molecular formula is C13H10BrN3S. The van der Waals surface area contributed by atoms with Crippen LogP contribution >= 0.6 is 27.7 Å². The fourth-order valence-electron chi connectivity index (χ4n) is 1.77. The molecule has 1 aromatic carbocycles. The van der Waals surface area contributed by atoms with Crippen molar-refractivity contribution in [2.24, 2.45) is 0 Å². The van der Waals surface area contributed by atoms with E-state index in [0.717, 1.165) is 21.5 Å². The Balaban J connectivity index is 2.06. The normalized spacial score (nSPS) is 11.0. The van der Waals surface area contributed by atoms with Gasteiger partial charge in [-0.15, -0.1) is 11.8 Å². The summed E-state index contributed by atoms with van der Waals surface area (Å²) in [5, 5.41) is 4.54. The first-order chi connectivity index (χ1) is 8.76. The SMILES string of the molecule is CSc1ccc(-c2ccc3nc(Br)cn3n2)cc1. The Morgan fingerprint density at radius 1 is 1.11 bits per heavy atom. The quantitative estimate of drug-likeness (QED) is 0.671. The molecule has 3 nitrogen and oxygen atoms in total. The van der Waals surface area contributed by atoms with Gasteiger partial charge in [0.1, 0.15) is 4.60 Å². The second-order valence-electron chi connectivity index (χ2n) is 3.81. The summed E-state index contributed by atoms with van der Waals surface area (Å²) in [6.07, 6.45) is 3.93. The Morgan fingerprint density at radius 3 is 2.61 bits per heavy atom. The Hall–Kier alpha value is -1.33. The fraction of sp³-hybridized carbons (Fsp3) is 0.0769. The second-order valence-corrected chi connectivity index (χ2v) is 5.51. The molecule has 0 amide bonds. The van der Waals surface area contributed by atoms with E-state index < -0.39 is 0 Å². The molecule has 90 valence electrons. The van der Waals surface area contributed by atoms with Crippen molar-refractivity contribution in [2.45, 2.75) is 4.90 Å². The highest BCUT2D eigenvalue weighted by atomic mass is 79.9. The molecule has 0 spiro atoms. The largest absolute Gasteiger partial charge is 0.220 e. The molecule has 0 saturated heterocycles. The van der Waals surface area contributed by atoms with Crippen molar-refractivity contribution in [3.8, 4) is 11.3 Å². The molecule has 5 heteroatoms. The first-order valence-corrected chi connectivity index (χ1v) is 7.44. The summed E-state index contributed by atoms with van der Waals surface area (Å²) >= 11 is 5.09. The number of hydrogen-bond donors (Lipinski definition) is 0. The van der Waals surface area contributed by atoms with E-state index >= 15 is 0 Å². The lowest BCUT2D eigenvalue weighted by Crippen LogP contribution is -1.92. The van der Waals surface area contributed by atoms with E-state index in [1.807, 2.05) is 18.3 Å².